The molecule has 1 aromatic carbocycles. The first-order valence-corrected chi connectivity index (χ1v) is 12.0. The van der Waals surface area contributed by atoms with E-state index in [1.165, 1.54) is 42.1 Å². The van der Waals surface area contributed by atoms with Gasteiger partial charge in [-0.2, -0.15) is 0 Å². The topological polar surface area (TPSA) is 43.2 Å². The Hall–Kier alpha value is -2.28. The number of aromatic nitrogens is 2. The van der Waals surface area contributed by atoms with Gasteiger partial charge in [0.05, 0.1) is 6.54 Å². The molecule has 1 aliphatic heterocycles. The second kappa shape index (κ2) is 8.84. The Kier molecular flexibility index (Phi) is 5.79. The lowest BCUT2D eigenvalue weighted by Crippen LogP contribution is -3.27. The first kappa shape index (κ1) is 19.7. The van der Waals surface area contributed by atoms with Gasteiger partial charge >= 0.3 is 0 Å². The lowest BCUT2D eigenvalue weighted by atomic mass is 10.0. The molecule has 0 bridgehead atoms. The zero-order valence-corrected chi connectivity index (χ0v) is 18.2. The molecule has 0 unspecified atom stereocenters. The van der Waals surface area contributed by atoms with Crippen molar-refractivity contribution in [2.24, 2.45) is 0 Å². The molecular weight excluding hydrogens is 392 g/mol. The number of hydrogen-bond donors (Lipinski definition) is 2. The second-order valence-corrected chi connectivity index (χ2v) is 9.64. The molecule has 0 spiro atoms. The number of quaternary nitrogens is 2. The van der Waals surface area contributed by atoms with Crippen molar-refractivity contribution >= 4 is 22.4 Å². The summed E-state index contributed by atoms with van der Waals surface area (Å²) in [6.45, 7) is 6.55. The molecule has 2 aliphatic rings. The molecule has 2 aromatic heterocycles. The van der Waals surface area contributed by atoms with E-state index in [9.17, 15) is 4.79 Å². The van der Waals surface area contributed by atoms with Crippen LogP contribution in [-0.2, 0) is 19.4 Å². The lowest BCUT2D eigenvalue weighted by molar-refractivity contribution is -1.02. The number of hydrogen-bond acceptors (Lipinski definition) is 3. The van der Waals surface area contributed by atoms with Crippen LogP contribution in [0.4, 0.5) is 0 Å². The molecule has 30 heavy (non-hydrogen) atoms. The summed E-state index contributed by atoms with van der Waals surface area (Å²) in [4.78, 5) is 23.1. The van der Waals surface area contributed by atoms with E-state index < -0.39 is 0 Å². The number of piperazine rings is 1. The summed E-state index contributed by atoms with van der Waals surface area (Å²) in [5.74, 6) is 0. The molecule has 1 fully saturated rings. The molecule has 5 nitrogen and oxygen atoms in total. The van der Waals surface area contributed by atoms with Gasteiger partial charge in [-0.1, -0.05) is 36.4 Å². The fourth-order valence-corrected chi connectivity index (χ4v) is 5.98. The van der Waals surface area contributed by atoms with Gasteiger partial charge in [-0.05, 0) is 37.3 Å². The lowest BCUT2D eigenvalue weighted by Gasteiger charge is -2.28. The van der Waals surface area contributed by atoms with Crippen molar-refractivity contribution in [2.75, 3.05) is 32.7 Å². The van der Waals surface area contributed by atoms with Crippen LogP contribution in [0.1, 0.15) is 34.7 Å². The standard InChI is InChI=1S/C24H28N4OS/c29-23-17-20(25-24-28(23)21-10-4-5-11-22(21)30-24)18-27-15-13-26(14-16-27)12-6-9-19-7-2-1-3-8-19/h1-3,6-9,17H,4-5,10-16,18H2/p+2/b9-6+. The second-order valence-electron chi connectivity index (χ2n) is 8.58. The SMILES string of the molecule is O=c1cc(C[NH+]2CC[NH+](C/C=C/c3ccccc3)CC2)nc2sc3c(n12)CCCC3. The van der Waals surface area contributed by atoms with Crippen molar-refractivity contribution in [3.05, 3.63) is 74.7 Å². The maximum absolute atomic E-state index is 12.8. The molecule has 1 aliphatic carbocycles. The minimum Gasteiger partial charge on any atom is -0.322 e. The predicted octanol–water partition coefficient (Wildman–Crippen LogP) is 0.632. The van der Waals surface area contributed by atoms with Crippen LogP contribution in [0.15, 0.2) is 47.3 Å². The van der Waals surface area contributed by atoms with Gasteiger partial charge in [-0.15, -0.1) is 11.3 Å². The van der Waals surface area contributed by atoms with Gasteiger partial charge < -0.3 is 9.80 Å². The first-order chi connectivity index (χ1) is 14.8. The van der Waals surface area contributed by atoms with Crippen LogP contribution in [0, 0.1) is 0 Å². The molecule has 3 aromatic rings. The number of nitrogens with one attached hydrogen (secondary N) is 2. The Balaban J connectivity index is 1.19. The predicted molar refractivity (Wildman–Crippen MR) is 121 cm³/mol. The summed E-state index contributed by atoms with van der Waals surface area (Å²) in [7, 11) is 0. The highest BCUT2D eigenvalue weighted by molar-refractivity contribution is 7.17. The third-order valence-corrected chi connectivity index (χ3v) is 7.57. The molecule has 6 heteroatoms. The Morgan fingerprint density at radius 3 is 2.63 bits per heavy atom. The summed E-state index contributed by atoms with van der Waals surface area (Å²) in [5, 5.41) is 0. The van der Waals surface area contributed by atoms with Crippen molar-refractivity contribution in [1.29, 1.82) is 0 Å². The van der Waals surface area contributed by atoms with Gasteiger partial charge in [0.1, 0.15) is 38.4 Å². The molecule has 5 rings (SSSR count). The fraction of sp³-hybridized carbons (Fsp3) is 0.417. The Morgan fingerprint density at radius 1 is 1.03 bits per heavy atom. The highest BCUT2D eigenvalue weighted by atomic mass is 32.1. The summed E-state index contributed by atoms with van der Waals surface area (Å²) in [6.07, 6.45) is 9.06. The molecule has 156 valence electrons. The summed E-state index contributed by atoms with van der Waals surface area (Å²) in [5.41, 5.74) is 3.56. The zero-order valence-electron chi connectivity index (χ0n) is 17.4. The van der Waals surface area contributed by atoms with Gasteiger partial charge in [0.15, 0.2) is 4.96 Å². The smallest absolute Gasteiger partial charge is 0.259 e. The number of nitrogens with zero attached hydrogens (tertiary/aromatic N) is 2. The Morgan fingerprint density at radius 2 is 1.80 bits per heavy atom. The van der Waals surface area contributed by atoms with E-state index in [4.69, 9.17) is 4.98 Å². The first-order valence-electron chi connectivity index (χ1n) is 11.2. The molecule has 2 N–H and O–H groups in total. The average molecular weight is 423 g/mol. The summed E-state index contributed by atoms with van der Waals surface area (Å²) in [6, 6.07) is 12.3. The van der Waals surface area contributed by atoms with Crippen LogP contribution >= 0.6 is 11.3 Å². The van der Waals surface area contributed by atoms with Gasteiger partial charge in [0, 0.05) is 16.6 Å². The van der Waals surface area contributed by atoms with Crippen molar-refractivity contribution in [1.82, 2.24) is 9.38 Å². The molecular formula is C24H30N4OS+2. The molecule has 0 radical (unpaired) electrons. The Labute approximate surface area is 181 Å². The van der Waals surface area contributed by atoms with Crippen molar-refractivity contribution in [2.45, 2.75) is 32.2 Å². The zero-order chi connectivity index (χ0) is 20.3. The number of aryl methyl sites for hydroxylation is 2. The highest BCUT2D eigenvalue weighted by Crippen LogP contribution is 2.28. The van der Waals surface area contributed by atoms with Crippen LogP contribution < -0.4 is 15.4 Å². The maximum atomic E-state index is 12.8. The van der Waals surface area contributed by atoms with Gasteiger partial charge in [0.25, 0.3) is 5.56 Å². The van der Waals surface area contributed by atoms with E-state index in [1.807, 2.05) is 4.40 Å². The van der Waals surface area contributed by atoms with E-state index in [1.54, 1.807) is 27.2 Å². The normalized spacial score (nSPS) is 21.9. The maximum Gasteiger partial charge on any atom is 0.259 e. The van der Waals surface area contributed by atoms with E-state index in [2.05, 4.69) is 42.5 Å². The minimum absolute atomic E-state index is 0.115. The number of benzene rings is 1. The number of rotatable bonds is 5. The average Bonchev–Trinajstić information content (AvgIpc) is 3.14. The van der Waals surface area contributed by atoms with Crippen LogP contribution in [0.25, 0.3) is 11.0 Å². The van der Waals surface area contributed by atoms with Crippen LogP contribution in [0.5, 0.6) is 0 Å². The van der Waals surface area contributed by atoms with E-state index in [-0.39, 0.29) is 5.56 Å². The summed E-state index contributed by atoms with van der Waals surface area (Å²) < 4.78 is 1.87. The number of thiazole rings is 1. The minimum atomic E-state index is 0.115. The van der Waals surface area contributed by atoms with Crippen molar-refractivity contribution < 1.29 is 9.80 Å². The van der Waals surface area contributed by atoms with Crippen molar-refractivity contribution in [3.63, 3.8) is 0 Å². The van der Waals surface area contributed by atoms with Gasteiger partial charge in [0.2, 0.25) is 0 Å². The fourth-order valence-electron chi connectivity index (χ4n) is 4.75. The molecule has 3 heterocycles. The van der Waals surface area contributed by atoms with Gasteiger partial charge in [-0.25, -0.2) is 4.98 Å². The molecule has 0 saturated carbocycles. The van der Waals surface area contributed by atoms with E-state index in [0.717, 1.165) is 49.7 Å². The Bertz CT molecular complexity index is 1090. The van der Waals surface area contributed by atoms with Gasteiger partial charge in [-0.3, -0.25) is 9.20 Å². The molecule has 0 atom stereocenters. The third kappa shape index (κ3) is 4.26. The summed E-state index contributed by atoms with van der Waals surface area (Å²) >= 11 is 1.73. The van der Waals surface area contributed by atoms with Crippen molar-refractivity contribution in [3.8, 4) is 0 Å². The quantitative estimate of drug-likeness (QED) is 0.634. The monoisotopic (exact) mass is 422 g/mol. The van der Waals surface area contributed by atoms with E-state index >= 15 is 0 Å². The molecule has 1 saturated heterocycles. The third-order valence-electron chi connectivity index (χ3n) is 6.43. The largest absolute Gasteiger partial charge is 0.322 e. The van der Waals surface area contributed by atoms with Crippen LogP contribution in [-0.4, -0.2) is 42.1 Å². The van der Waals surface area contributed by atoms with E-state index in [0.29, 0.717) is 0 Å². The highest BCUT2D eigenvalue weighted by Gasteiger charge is 2.24. The van der Waals surface area contributed by atoms with Crippen LogP contribution in [0.3, 0.4) is 0 Å². The van der Waals surface area contributed by atoms with Crippen LogP contribution in [0.2, 0.25) is 0 Å². The number of fused-ring (bicyclic) bond motifs is 3. The molecule has 0 amide bonds.